The predicted molar refractivity (Wildman–Crippen MR) is 71.8 cm³/mol. The Labute approximate surface area is 111 Å². The topological polar surface area (TPSA) is 14.2 Å². The highest BCUT2D eigenvalue weighted by Gasteiger charge is 2.01. The fourth-order valence-electron chi connectivity index (χ4n) is 1.37. The average molecular weight is 345 g/mol. The van der Waals surface area contributed by atoms with Crippen LogP contribution in [0.5, 0.6) is 5.75 Å². The Hall–Kier alpha value is -0.740. The number of hydrogen-bond acceptors (Lipinski definition) is 1. The first-order valence-electron chi connectivity index (χ1n) is 4.94. The third-order valence-corrected chi connectivity index (χ3v) is 3.28. The molecule has 0 fully saturated rings. The van der Waals surface area contributed by atoms with Gasteiger partial charge in [-0.1, -0.05) is 15.9 Å². The van der Waals surface area contributed by atoms with Gasteiger partial charge in [0.05, 0.1) is 11.0 Å². The normalized spacial score (nSPS) is 10.4. The van der Waals surface area contributed by atoms with Crippen molar-refractivity contribution in [3.05, 3.63) is 51.7 Å². The number of rotatable bonds is 4. The van der Waals surface area contributed by atoms with Gasteiger partial charge in [0.15, 0.2) is 0 Å². The second-order valence-corrected chi connectivity index (χ2v) is 5.11. The molecular weight excluding hydrogens is 334 g/mol. The minimum Gasteiger partial charge on any atom is -0.491 e. The lowest BCUT2D eigenvalue weighted by atomic mass is 10.3. The number of aromatic nitrogens is 1. The molecule has 0 bridgehead atoms. The highest BCUT2D eigenvalue weighted by molar-refractivity contribution is 9.11. The van der Waals surface area contributed by atoms with Gasteiger partial charge < -0.3 is 9.30 Å². The fraction of sp³-hybridized carbons (Fsp3) is 0.167. The summed E-state index contributed by atoms with van der Waals surface area (Å²) in [5.41, 5.74) is 0. The van der Waals surface area contributed by atoms with Crippen molar-refractivity contribution in [2.45, 2.75) is 6.54 Å². The summed E-state index contributed by atoms with van der Waals surface area (Å²) in [6, 6.07) is 9.91. The van der Waals surface area contributed by atoms with Crippen LogP contribution in [0.25, 0.3) is 0 Å². The minimum absolute atomic E-state index is 0.662. The van der Waals surface area contributed by atoms with Crippen molar-refractivity contribution in [1.29, 1.82) is 0 Å². The molecule has 1 heterocycles. The van der Waals surface area contributed by atoms with Crippen molar-refractivity contribution in [1.82, 2.24) is 4.57 Å². The number of halogens is 2. The standard InChI is InChI=1S/C12H11Br2NO/c13-10-3-4-12(11(14)9-10)16-8-7-15-5-1-2-6-15/h1-6,9H,7-8H2. The van der Waals surface area contributed by atoms with Crippen LogP contribution in [0.3, 0.4) is 0 Å². The summed E-state index contributed by atoms with van der Waals surface area (Å²) in [7, 11) is 0. The molecule has 0 radical (unpaired) electrons. The molecule has 2 nitrogen and oxygen atoms in total. The molecule has 0 aliphatic rings. The van der Waals surface area contributed by atoms with Gasteiger partial charge in [-0.2, -0.15) is 0 Å². The van der Waals surface area contributed by atoms with E-state index >= 15 is 0 Å². The van der Waals surface area contributed by atoms with E-state index in [2.05, 4.69) is 36.4 Å². The van der Waals surface area contributed by atoms with E-state index in [4.69, 9.17) is 4.74 Å². The van der Waals surface area contributed by atoms with Crippen molar-refractivity contribution in [3.8, 4) is 5.75 Å². The maximum atomic E-state index is 5.68. The maximum absolute atomic E-state index is 5.68. The van der Waals surface area contributed by atoms with Crippen LogP contribution in [0.2, 0.25) is 0 Å². The van der Waals surface area contributed by atoms with Crippen LogP contribution < -0.4 is 4.74 Å². The van der Waals surface area contributed by atoms with E-state index in [0.29, 0.717) is 6.61 Å². The Morgan fingerprint density at radius 3 is 2.56 bits per heavy atom. The summed E-state index contributed by atoms with van der Waals surface area (Å²) in [5, 5.41) is 0. The minimum atomic E-state index is 0.662. The number of nitrogens with zero attached hydrogens (tertiary/aromatic N) is 1. The lowest BCUT2D eigenvalue weighted by Crippen LogP contribution is -2.06. The van der Waals surface area contributed by atoms with Gasteiger partial charge in [-0.05, 0) is 46.3 Å². The first-order valence-corrected chi connectivity index (χ1v) is 6.53. The molecular formula is C12H11Br2NO. The van der Waals surface area contributed by atoms with Crippen molar-refractivity contribution >= 4 is 31.9 Å². The molecule has 0 amide bonds. The second kappa shape index (κ2) is 5.55. The van der Waals surface area contributed by atoms with E-state index in [1.54, 1.807) is 0 Å². The summed E-state index contributed by atoms with van der Waals surface area (Å²) >= 11 is 6.87. The zero-order valence-corrected chi connectivity index (χ0v) is 11.7. The summed E-state index contributed by atoms with van der Waals surface area (Å²) in [6.07, 6.45) is 4.06. The molecule has 1 aromatic carbocycles. The third-order valence-electron chi connectivity index (χ3n) is 2.17. The number of ether oxygens (including phenoxy) is 1. The molecule has 0 atom stereocenters. The van der Waals surface area contributed by atoms with E-state index in [9.17, 15) is 0 Å². The van der Waals surface area contributed by atoms with Gasteiger partial charge in [-0.15, -0.1) is 0 Å². The quantitative estimate of drug-likeness (QED) is 0.814. The van der Waals surface area contributed by atoms with E-state index in [-0.39, 0.29) is 0 Å². The van der Waals surface area contributed by atoms with Gasteiger partial charge in [-0.25, -0.2) is 0 Å². The van der Waals surface area contributed by atoms with E-state index in [1.807, 2.05) is 42.7 Å². The predicted octanol–water partition coefficient (Wildman–Crippen LogP) is 4.09. The van der Waals surface area contributed by atoms with Crippen LogP contribution in [-0.2, 0) is 6.54 Å². The van der Waals surface area contributed by atoms with Crippen LogP contribution in [0.4, 0.5) is 0 Å². The van der Waals surface area contributed by atoms with E-state index in [0.717, 1.165) is 21.2 Å². The van der Waals surface area contributed by atoms with Crippen LogP contribution in [0.1, 0.15) is 0 Å². The SMILES string of the molecule is Brc1ccc(OCCn2cccc2)c(Br)c1. The second-order valence-electron chi connectivity index (χ2n) is 3.34. The molecule has 2 rings (SSSR count). The Bertz CT molecular complexity index is 454. The molecule has 2 aromatic rings. The van der Waals surface area contributed by atoms with Crippen LogP contribution in [0, 0.1) is 0 Å². The molecule has 16 heavy (non-hydrogen) atoms. The molecule has 84 valence electrons. The lowest BCUT2D eigenvalue weighted by Gasteiger charge is -2.08. The number of hydrogen-bond donors (Lipinski definition) is 0. The molecule has 0 spiro atoms. The highest BCUT2D eigenvalue weighted by atomic mass is 79.9. The number of benzene rings is 1. The van der Waals surface area contributed by atoms with Gasteiger partial charge in [-0.3, -0.25) is 0 Å². The van der Waals surface area contributed by atoms with Gasteiger partial charge >= 0.3 is 0 Å². The molecule has 0 unspecified atom stereocenters. The zero-order valence-electron chi connectivity index (χ0n) is 8.57. The largest absolute Gasteiger partial charge is 0.491 e. The molecule has 0 saturated carbocycles. The molecule has 0 aliphatic heterocycles. The molecule has 0 aliphatic carbocycles. The summed E-state index contributed by atoms with van der Waals surface area (Å²) in [6.45, 7) is 1.52. The molecule has 0 saturated heterocycles. The first kappa shape index (κ1) is 11.7. The van der Waals surface area contributed by atoms with Crippen LogP contribution in [-0.4, -0.2) is 11.2 Å². The first-order chi connectivity index (χ1) is 7.75. The maximum Gasteiger partial charge on any atom is 0.133 e. The van der Waals surface area contributed by atoms with Gasteiger partial charge in [0.1, 0.15) is 12.4 Å². The highest BCUT2D eigenvalue weighted by Crippen LogP contribution is 2.28. The van der Waals surface area contributed by atoms with Crippen LogP contribution in [0.15, 0.2) is 51.7 Å². The lowest BCUT2D eigenvalue weighted by molar-refractivity contribution is 0.297. The summed E-state index contributed by atoms with van der Waals surface area (Å²) in [5.74, 6) is 0.871. The van der Waals surface area contributed by atoms with Gasteiger partial charge in [0.2, 0.25) is 0 Å². The summed E-state index contributed by atoms with van der Waals surface area (Å²) in [4.78, 5) is 0. The van der Waals surface area contributed by atoms with Crippen molar-refractivity contribution in [3.63, 3.8) is 0 Å². The monoisotopic (exact) mass is 343 g/mol. The zero-order chi connectivity index (χ0) is 11.4. The Kier molecular flexibility index (Phi) is 4.07. The molecule has 1 aromatic heterocycles. The van der Waals surface area contributed by atoms with Crippen molar-refractivity contribution in [2.24, 2.45) is 0 Å². The van der Waals surface area contributed by atoms with Crippen molar-refractivity contribution in [2.75, 3.05) is 6.61 Å². The Morgan fingerprint density at radius 2 is 1.88 bits per heavy atom. The Morgan fingerprint density at radius 1 is 1.12 bits per heavy atom. The molecule has 4 heteroatoms. The fourth-order valence-corrected chi connectivity index (χ4v) is 2.53. The third kappa shape index (κ3) is 3.12. The van der Waals surface area contributed by atoms with Gasteiger partial charge in [0, 0.05) is 16.9 Å². The average Bonchev–Trinajstić information content (AvgIpc) is 2.74. The van der Waals surface area contributed by atoms with Gasteiger partial charge in [0.25, 0.3) is 0 Å². The molecule has 0 N–H and O–H groups in total. The van der Waals surface area contributed by atoms with E-state index < -0.39 is 0 Å². The van der Waals surface area contributed by atoms with Crippen molar-refractivity contribution < 1.29 is 4.74 Å². The van der Waals surface area contributed by atoms with Crippen LogP contribution >= 0.6 is 31.9 Å². The van der Waals surface area contributed by atoms with E-state index in [1.165, 1.54) is 0 Å². The smallest absolute Gasteiger partial charge is 0.133 e. The Balaban J connectivity index is 1.90. The summed E-state index contributed by atoms with van der Waals surface area (Å²) < 4.78 is 9.77.